The molecule has 1 atom stereocenters. The molecule has 4 heteroatoms. The highest BCUT2D eigenvalue weighted by Gasteiger charge is 2.24. The number of hydrogen-bond acceptors (Lipinski definition) is 2. The topological polar surface area (TPSA) is 57.8 Å². The molecular weight excluding hydrogens is 262 g/mol. The molecule has 0 radical (unpaired) electrons. The summed E-state index contributed by atoms with van der Waals surface area (Å²) in [5.41, 5.74) is 3.76. The van der Waals surface area contributed by atoms with Crippen LogP contribution >= 0.6 is 0 Å². The van der Waals surface area contributed by atoms with Gasteiger partial charge in [-0.15, -0.1) is 0 Å². The summed E-state index contributed by atoms with van der Waals surface area (Å²) >= 11 is 0. The van der Waals surface area contributed by atoms with Crippen LogP contribution in [-0.4, -0.2) is 16.1 Å². The van der Waals surface area contributed by atoms with Crippen molar-refractivity contribution in [2.24, 2.45) is 5.92 Å². The zero-order valence-corrected chi connectivity index (χ0v) is 12.4. The van der Waals surface area contributed by atoms with Gasteiger partial charge in [-0.05, 0) is 36.8 Å². The molecule has 0 aliphatic heterocycles. The average molecular weight is 283 g/mol. The van der Waals surface area contributed by atoms with Crippen LogP contribution in [0.2, 0.25) is 0 Å². The summed E-state index contributed by atoms with van der Waals surface area (Å²) in [6, 6.07) is 10.3. The van der Waals surface area contributed by atoms with E-state index in [1.54, 1.807) is 0 Å². The number of amides is 1. The Balaban J connectivity index is 1.63. The minimum atomic E-state index is 0.0474. The van der Waals surface area contributed by atoms with Gasteiger partial charge in [-0.2, -0.15) is 5.10 Å². The Bertz CT molecular complexity index is 632. The molecule has 110 valence electrons. The maximum atomic E-state index is 12.4. The van der Waals surface area contributed by atoms with Crippen molar-refractivity contribution in [3.8, 4) is 0 Å². The molecule has 4 nitrogen and oxygen atoms in total. The van der Waals surface area contributed by atoms with E-state index >= 15 is 0 Å². The molecule has 3 rings (SSSR count). The van der Waals surface area contributed by atoms with Crippen molar-refractivity contribution in [2.45, 2.75) is 39.0 Å². The molecule has 1 heterocycles. The number of fused-ring (bicyclic) bond motifs is 1. The van der Waals surface area contributed by atoms with Gasteiger partial charge >= 0.3 is 0 Å². The summed E-state index contributed by atoms with van der Waals surface area (Å²) in [6.45, 7) is 2.12. The van der Waals surface area contributed by atoms with E-state index in [0.29, 0.717) is 5.82 Å². The number of nitrogens with one attached hydrogen (secondary N) is 2. The summed E-state index contributed by atoms with van der Waals surface area (Å²) < 4.78 is 0. The highest BCUT2D eigenvalue weighted by Crippen LogP contribution is 2.26. The maximum absolute atomic E-state index is 12.4. The Hall–Kier alpha value is -2.10. The van der Waals surface area contributed by atoms with Gasteiger partial charge in [0.1, 0.15) is 0 Å². The third-order valence-electron chi connectivity index (χ3n) is 4.12. The highest BCUT2D eigenvalue weighted by molar-refractivity contribution is 5.92. The molecule has 1 amide bonds. The van der Waals surface area contributed by atoms with Gasteiger partial charge in [0.15, 0.2) is 5.82 Å². The second-order valence-corrected chi connectivity index (χ2v) is 5.73. The van der Waals surface area contributed by atoms with Gasteiger partial charge in [0.25, 0.3) is 0 Å². The minimum absolute atomic E-state index is 0.0474. The van der Waals surface area contributed by atoms with Crippen LogP contribution in [0.15, 0.2) is 30.3 Å². The van der Waals surface area contributed by atoms with E-state index < -0.39 is 0 Å². The van der Waals surface area contributed by atoms with Gasteiger partial charge in [-0.25, -0.2) is 0 Å². The fourth-order valence-corrected chi connectivity index (χ4v) is 2.97. The number of anilines is 1. The van der Waals surface area contributed by atoms with Crippen LogP contribution < -0.4 is 5.32 Å². The van der Waals surface area contributed by atoms with Crippen molar-refractivity contribution in [1.82, 2.24) is 10.2 Å². The van der Waals surface area contributed by atoms with Crippen LogP contribution in [0.3, 0.4) is 0 Å². The monoisotopic (exact) mass is 283 g/mol. The second kappa shape index (κ2) is 6.12. The molecule has 0 fully saturated rings. The molecule has 1 aliphatic rings. The van der Waals surface area contributed by atoms with E-state index in [0.717, 1.165) is 37.8 Å². The molecule has 1 aromatic carbocycles. The highest BCUT2D eigenvalue weighted by atomic mass is 16.1. The van der Waals surface area contributed by atoms with Crippen molar-refractivity contribution in [3.63, 3.8) is 0 Å². The standard InChI is InChI=1S/C17H21N3O/c1-2-5-15-11-16(20-19-15)18-17(21)14-9-8-12-6-3-4-7-13(12)10-14/h3-4,6-7,11,14H,2,5,8-10H2,1H3,(H2,18,19,20,21). The van der Waals surface area contributed by atoms with Gasteiger partial charge in [-0.1, -0.05) is 37.6 Å². The molecule has 0 bridgehead atoms. The van der Waals surface area contributed by atoms with Gasteiger partial charge in [-0.3, -0.25) is 9.89 Å². The zero-order valence-electron chi connectivity index (χ0n) is 12.4. The minimum Gasteiger partial charge on any atom is -0.309 e. The summed E-state index contributed by atoms with van der Waals surface area (Å²) in [5, 5.41) is 10.1. The van der Waals surface area contributed by atoms with Gasteiger partial charge in [0.2, 0.25) is 5.91 Å². The van der Waals surface area contributed by atoms with Gasteiger partial charge < -0.3 is 5.32 Å². The SMILES string of the molecule is CCCc1cc(NC(=O)C2CCc3ccccc3C2)n[nH]1. The summed E-state index contributed by atoms with van der Waals surface area (Å²) in [5.74, 6) is 0.771. The number of nitrogens with zero attached hydrogens (tertiary/aromatic N) is 1. The Morgan fingerprint density at radius 1 is 1.38 bits per heavy atom. The zero-order chi connectivity index (χ0) is 14.7. The lowest BCUT2D eigenvalue weighted by molar-refractivity contribution is -0.120. The fourth-order valence-electron chi connectivity index (χ4n) is 2.97. The number of hydrogen-bond donors (Lipinski definition) is 2. The van der Waals surface area contributed by atoms with Crippen LogP contribution in [0.1, 0.15) is 36.6 Å². The first-order valence-electron chi connectivity index (χ1n) is 7.68. The number of H-pyrrole nitrogens is 1. The normalized spacial score (nSPS) is 17.3. The van der Waals surface area contributed by atoms with Gasteiger partial charge in [0.05, 0.1) is 0 Å². The second-order valence-electron chi connectivity index (χ2n) is 5.73. The lowest BCUT2D eigenvalue weighted by Crippen LogP contribution is -2.28. The molecule has 0 saturated heterocycles. The van der Waals surface area contributed by atoms with Crippen molar-refractivity contribution in [1.29, 1.82) is 0 Å². The molecule has 0 spiro atoms. The number of aromatic amines is 1. The smallest absolute Gasteiger partial charge is 0.229 e. The fraction of sp³-hybridized carbons (Fsp3) is 0.412. The quantitative estimate of drug-likeness (QED) is 0.905. The number of carbonyl (C=O) groups is 1. The van der Waals surface area contributed by atoms with E-state index in [9.17, 15) is 4.79 Å². The van der Waals surface area contributed by atoms with Crippen molar-refractivity contribution in [2.75, 3.05) is 5.32 Å². The van der Waals surface area contributed by atoms with E-state index in [4.69, 9.17) is 0 Å². The number of aromatic nitrogens is 2. The number of rotatable bonds is 4. The van der Waals surface area contributed by atoms with Crippen LogP contribution in [0, 0.1) is 5.92 Å². The Morgan fingerprint density at radius 2 is 2.19 bits per heavy atom. The molecular formula is C17H21N3O. The largest absolute Gasteiger partial charge is 0.309 e. The first-order valence-corrected chi connectivity index (χ1v) is 7.68. The molecule has 0 saturated carbocycles. The van der Waals surface area contributed by atoms with Crippen LogP contribution in [-0.2, 0) is 24.1 Å². The summed E-state index contributed by atoms with van der Waals surface area (Å²) in [6.07, 6.45) is 4.74. The third-order valence-corrected chi connectivity index (χ3v) is 4.12. The Labute approximate surface area is 125 Å². The van der Waals surface area contributed by atoms with Crippen molar-refractivity contribution >= 4 is 11.7 Å². The predicted octanol–water partition coefficient (Wildman–Crippen LogP) is 3.11. The van der Waals surface area contributed by atoms with E-state index in [1.807, 2.05) is 12.1 Å². The maximum Gasteiger partial charge on any atom is 0.229 e. The summed E-state index contributed by atoms with van der Waals surface area (Å²) in [7, 11) is 0. The molecule has 2 N–H and O–H groups in total. The average Bonchev–Trinajstić information content (AvgIpc) is 2.94. The first-order chi connectivity index (χ1) is 10.3. The Morgan fingerprint density at radius 3 is 3.00 bits per heavy atom. The van der Waals surface area contributed by atoms with E-state index in [2.05, 4.69) is 40.6 Å². The lowest BCUT2D eigenvalue weighted by atomic mass is 9.83. The van der Waals surface area contributed by atoms with Crippen LogP contribution in [0.25, 0.3) is 0 Å². The molecule has 1 unspecified atom stereocenters. The van der Waals surface area contributed by atoms with E-state index in [1.165, 1.54) is 11.1 Å². The van der Waals surface area contributed by atoms with Gasteiger partial charge in [0, 0.05) is 17.7 Å². The predicted molar refractivity (Wildman–Crippen MR) is 83.2 cm³/mol. The molecule has 2 aromatic rings. The van der Waals surface area contributed by atoms with Crippen molar-refractivity contribution < 1.29 is 4.79 Å². The summed E-state index contributed by atoms with van der Waals surface area (Å²) in [4.78, 5) is 12.4. The Kier molecular flexibility index (Phi) is 4.04. The van der Waals surface area contributed by atoms with Crippen LogP contribution in [0.4, 0.5) is 5.82 Å². The van der Waals surface area contributed by atoms with Crippen molar-refractivity contribution in [3.05, 3.63) is 47.2 Å². The number of benzene rings is 1. The lowest BCUT2D eigenvalue weighted by Gasteiger charge is -2.23. The number of carbonyl (C=O) groups excluding carboxylic acids is 1. The van der Waals surface area contributed by atoms with Crippen LogP contribution in [0.5, 0.6) is 0 Å². The third kappa shape index (κ3) is 3.15. The van der Waals surface area contributed by atoms with E-state index in [-0.39, 0.29) is 11.8 Å². The molecule has 21 heavy (non-hydrogen) atoms. The molecule has 1 aliphatic carbocycles. The first kappa shape index (κ1) is 13.9. The molecule has 1 aromatic heterocycles. The number of aryl methyl sites for hydroxylation is 2.